The van der Waals surface area contributed by atoms with E-state index in [2.05, 4.69) is 5.32 Å². The molecule has 4 nitrogen and oxygen atoms in total. The van der Waals surface area contributed by atoms with Gasteiger partial charge in [0.2, 0.25) is 11.8 Å². The molecule has 3 rings (SSSR count). The predicted molar refractivity (Wildman–Crippen MR) is 90.2 cm³/mol. The highest BCUT2D eigenvalue weighted by Crippen LogP contribution is 2.29. The van der Waals surface area contributed by atoms with Crippen LogP contribution in [0.5, 0.6) is 0 Å². The second-order valence-corrected chi connectivity index (χ2v) is 7.04. The standard InChI is InChI=1S/C18H23ClN2O2/c19-15-6-1-3-13(11-15)12-17(22)20-16-7-9-21(10-8-16)18(23)14-4-2-5-14/h1,3,6,11,14,16H,2,4-5,7-10,12H2,(H,20,22). The molecule has 1 aliphatic carbocycles. The number of carbonyl (C=O) groups excluding carboxylic acids is 2. The molecule has 0 unspecified atom stereocenters. The monoisotopic (exact) mass is 334 g/mol. The van der Waals surface area contributed by atoms with E-state index in [0.717, 1.165) is 44.3 Å². The highest BCUT2D eigenvalue weighted by Gasteiger charge is 2.31. The van der Waals surface area contributed by atoms with Crippen LogP contribution in [0.15, 0.2) is 24.3 Å². The van der Waals surface area contributed by atoms with Gasteiger partial charge in [0.1, 0.15) is 0 Å². The van der Waals surface area contributed by atoms with E-state index in [-0.39, 0.29) is 17.9 Å². The molecule has 23 heavy (non-hydrogen) atoms. The number of likely N-dealkylation sites (tertiary alicyclic amines) is 1. The Morgan fingerprint density at radius 3 is 2.52 bits per heavy atom. The van der Waals surface area contributed by atoms with E-state index in [0.29, 0.717) is 17.4 Å². The summed E-state index contributed by atoms with van der Waals surface area (Å²) < 4.78 is 0. The molecule has 0 aromatic heterocycles. The summed E-state index contributed by atoms with van der Waals surface area (Å²) in [4.78, 5) is 26.3. The summed E-state index contributed by atoms with van der Waals surface area (Å²) in [6, 6.07) is 7.56. The molecule has 0 radical (unpaired) electrons. The molecule has 1 aliphatic heterocycles. The van der Waals surface area contributed by atoms with Gasteiger partial charge in [-0.15, -0.1) is 0 Å². The number of piperidine rings is 1. The summed E-state index contributed by atoms with van der Waals surface area (Å²) >= 11 is 5.94. The van der Waals surface area contributed by atoms with E-state index in [4.69, 9.17) is 11.6 Å². The Kier molecular flexibility index (Phi) is 5.21. The Morgan fingerprint density at radius 2 is 1.91 bits per heavy atom. The Bertz CT molecular complexity index is 578. The maximum Gasteiger partial charge on any atom is 0.225 e. The van der Waals surface area contributed by atoms with Crippen LogP contribution in [0.2, 0.25) is 5.02 Å². The highest BCUT2D eigenvalue weighted by molar-refractivity contribution is 6.30. The van der Waals surface area contributed by atoms with Crippen LogP contribution in [-0.4, -0.2) is 35.8 Å². The number of nitrogens with zero attached hydrogens (tertiary/aromatic N) is 1. The molecule has 1 aromatic rings. The van der Waals surface area contributed by atoms with E-state index < -0.39 is 0 Å². The van der Waals surface area contributed by atoms with Crippen molar-refractivity contribution in [2.24, 2.45) is 5.92 Å². The molecule has 0 atom stereocenters. The lowest BCUT2D eigenvalue weighted by atomic mass is 9.84. The summed E-state index contributed by atoms with van der Waals surface area (Å²) in [5.41, 5.74) is 0.924. The number of rotatable bonds is 4. The van der Waals surface area contributed by atoms with Gasteiger partial charge in [-0.1, -0.05) is 30.2 Å². The fourth-order valence-corrected chi connectivity index (χ4v) is 3.48. The molecule has 0 spiro atoms. The molecule has 2 aliphatic rings. The molecule has 1 N–H and O–H groups in total. The zero-order valence-corrected chi connectivity index (χ0v) is 14.0. The lowest BCUT2D eigenvalue weighted by Gasteiger charge is -2.36. The van der Waals surface area contributed by atoms with Gasteiger partial charge in [0.25, 0.3) is 0 Å². The molecule has 2 fully saturated rings. The molecular formula is C18H23ClN2O2. The molecule has 1 heterocycles. The van der Waals surface area contributed by atoms with Crippen molar-refractivity contribution < 1.29 is 9.59 Å². The number of amides is 2. The van der Waals surface area contributed by atoms with Crippen molar-refractivity contribution in [3.8, 4) is 0 Å². The van der Waals surface area contributed by atoms with Crippen LogP contribution in [0.1, 0.15) is 37.7 Å². The maximum absolute atomic E-state index is 12.2. The fourth-order valence-electron chi connectivity index (χ4n) is 3.27. The SMILES string of the molecule is O=C(Cc1cccc(Cl)c1)NC1CCN(C(=O)C2CCC2)CC1. The zero-order valence-electron chi connectivity index (χ0n) is 13.3. The molecule has 1 saturated carbocycles. The predicted octanol–water partition coefficient (Wildman–Crippen LogP) is 2.79. The van der Waals surface area contributed by atoms with Crippen LogP contribution in [0.25, 0.3) is 0 Å². The van der Waals surface area contributed by atoms with E-state index in [1.165, 1.54) is 6.42 Å². The van der Waals surface area contributed by atoms with Gasteiger partial charge in [0.05, 0.1) is 6.42 Å². The zero-order chi connectivity index (χ0) is 16.2. The Hall–Kier alpha value is -1.55. The molecule has 1 aromatic carbocycles. The van der Waals surface area contributed by atoms with E-state index in [1.54, 1.807) is 6.07 Å². The molecule has 0 bridgehead atoms. The van der Waals surface area contributed by atoms with Gasteiger partial charge in [0.15, 0.2) is 0 Å². The summed E-state index contributed by atoms with van der Waals surface area (Å²) in [6.45, 7) is 1.52. The quantitative estimate of drug-likeness (QED) is 0.920. The van der Waals surface area contributed by atoms with Gasteiger partial charge in [0, 0.05) is 30.1 Å². The number of carbonyl (C=O) groups is 2. The van der Waals surface area contributed by atoms with E-state index in [1.807, 2.05) is 23.1 Å². The summed E-state index contributed by atoms with van der Waals surface area (Å²) in [5.74, 6) is 0.611. The molecule has 124 valence electrons. The first-order valence-corrected chi connectivity index (χ1v) is 8.82. The van der Waals surface area contributed by atoms with Crippen LogP contribution in [0, 0.1) is 5.92 Å². The lowest BCUT2D eigenvalue weighted by Crippen LogP contribution is -2.49. The number of benzene rings is 1. The third-order valence-corrected chi connectivity index (χ3v) is 5.11. The van der Waals surface area contributed by atoms with Crippen LogP contribution < -0.4 is 5.32 Å². The van der Waals surface area contributed by atoms with Gasteiger partial charge in [-0.3, -0.25) is 9.59 Å². The van der Waals surface area contributed by atoms with Gasteiger partial charge in [-0.25, -0.2) is 0 Å². The van der Waals surface area contributed by atoms with Crippen molar-refractivity contribution in [2.75, 3.05) is 13.1 Å². The van der Waals surface area contributed by atoms with E-state index >= 15 is 0 Å². The lowest BCUT2D eigenvalue weighted by molar-refractivity contribution is -0.139. The summed E-state index contributed by atoms with van der Waals surface area (Å²) in [7, 11) is 0. The topological polar surface area (TPSA) is 49.4 Å². The number of hydrogen-bond acceptors (Lipinski definition) is 2. The van der Waals surface area contributed by atoms with Crippen molar-refractivity contribution in [1.29, 1.82) is 0 Å². The van der Waals surface area contributed by atoms with Gasteiger partial charge < -0.3 is 10.2 Å². The van der Waals surface area contributed by atoms with Crippen molar-refractivity contribution >= 4 is 23.4 Å². The third-order valence-electron chi connectivity index (χ3n) is 4.88. The summed E-state index contributed by atoms with van der Waals surface area (Å²) in [5, 5.41) is 3.73. The molecular weight excluding hydrogens is 312 g/mol. The average Bonchev–Trinajstić information content (AvgIpc) is 2.46. The van der Waals surface area contributed by atoms with E-state index in [9.17, 15) is 9.59 Å². The Balaban J connectivity index is 1.43. The first-order valence-electron chi connectivity index (χ1n) is 8.44. The van der Waals surface area contributed by atoms with Crippen molar-refractivity contribution in [3.63, 3.8) is 0 Å². The second kappa shape index (κ2) is 7.35. The number of hydrogen-bond donors (Lipinski definition) is 1. The molecule has 5 heteroatoms. The van der Waals surface area contributed by atoms with Gasteiger partial charge >= 0.3 is 0 Å². The second-order valence-electron chi connectivity index (χ2n) is 6.60. The van der Waals surface area contributed by atoms with Crippen LogP contribution in [0.3, 0.4) is 0 Å². The highest BCUT2D eigenvalue weighted by atomic mass is 35.5. The Labute approximate surface area is 142 Å². The average molecular weight is 335 g/mol. The van der Waals surface area contributed by atoms with Crippen molar-refractivity contribution in [1.82, 2.24) is 10.2 Å². The van der Waals surface area contributed by atoms with Crippen LogP contribution >= 0.6 is 11.6 Å². The summed E-state index contributed by atoms with van der Waals surface area (Å²) in [6.07, 6.45) is 5.33. The Morgan fingerprint density at radius 1 is 1.17 bits per heavy atom. The minimum Gasteiger partial charge on any atom is -0.353 e. The third kappa shape index (κ3) is 4.25. The first kappa shape index (κ1) is 16.3. The van der Waals surface area contributed by atoms with Gasteiger partial charge in [-0.2, -0.15) is 0 Å². The number of halogens is 1. The van der Waals surface area contributed by atoms with Crippen LogP contribution in [0.4, 0.5) is 0 Å². The van der Waals surface area contributed by atoms with Crippen molar-refractivity contribution in [3.05, 3.63) is 34.9 Å². The minimum atomic E-state index is 0.0241. The smallest absolute Gasteiger partial charge is 0.225 e. The molecule has 2 amide bonds. The van der Waals surface area contributed by atoms with Gasteiger partial charge in [-0.05, 0) is 43.4 Å². The van der Waals surface area contributed by atoms with Crippen LogP contribution in [-0.2, 0) is 16.0 Å². The largest absolute Gasteiger partial charge is 0.353 e. The minimum absolute atomic E-state index is 0.0241. The number of nitrogens with one attached hydrogen (secondary N) is 1. The van der Waals surface area contributed by atoms with Crippen molar-refractivity contribution in [2.45, 2.75) is 44.6 Å². The fraction of sp³-hybridized carbons (Fsp3) is 0.556. The maximum atomic E-state index is 12.2. The normalized spacial score (nSPS) is 19.3. The molecule has 1 saturated heterocycles. The first-order chi connectivity index (χ1) is 11.1.